The first kappa shape index (κ1) is 23.2. The summed E-state index contributed by atoms with van der Waals surface area (Å²) in [6.07, 6.45) is 0.495. The Labute approximate surface area is 161 Å². The van der Waals surface area contributed by atoms with Crippen LogP contribution in [0, 0.1) is 0 Å². The molecular formula is C17H30BClO7. The zero-order chi connectivity index (χ0) is 19.5. The molecule has 0 spiro atoms. The fourth-order valence-electron chi connectivity index (χ4n) is 2.78. The van der Waals surface area contributed by atoms with Gasteiger partial charge in [-0.05, 0) is 12.8 Å². The van der Waals surface area contributed by atoms with Crippen molar-refractivity contribution in [2.75, 3.05) is 26.2 Å². The number of unbranched alkanes of at least 4 members (excludes halogenated alkanes) is 2. The van der Waals surface area contributed by atoms with Crippen LogP contribution in [0.15, 0.2) is 0 Å². The lowest BCUT2D eigenvalue weighted by atomic mass is 9.84. The maximum Gasteiger partial charge on any atom is 0.338 e. The van der Waals surface area contributed by atoms with Crippen molar-refractivity contribution in [3.05, 3.63) is 0 Å². The molecule has 26 heavy (non-hydrogen) atoms. The van der Waals surface area contributed by atoms with Gasteiger partial charge in [-0.1, -0.05) is 26.7 Å². The van der Waals surface area contributed by atoms with Crippen molar-refractivity contribution >= 4 is 31.4 Å². The van der Waals surface area contributed by atoms with E-state index in [2.05, 4.69) is 6.92 Å². The van der Waals surface area contributed by atoms with Crippen LogP contribution < -0.4 is 0 Å². The van der Waals surface area contributed by atoms with Gasteiger partial charge in [-0.3, -0.25) is 4.79 Å². The van der Waals surface area contributed by atoms with Crippen LogP contribution in [0.3, 0.4) is 0 Å². The molecule has 1 fully saturated rings. The number of esters is 2. The number of carbonyl (C=O) groups excluding carboxylic acids is 2. The molecule has 0 amide bonds. The first-order chi connectivity index (χ1) is 12.5. The van der Waals surface area contributed by atoms with Crippen molar-refractivity contribution in [2.45, 2.75) is 69.9 Å². The van der Waals surface area contributed by atoms with Gasteiger partial charge in [0, 0.05) is 13.2 Å². The quantitative estimate of drug-likeness (QED) is 0.225. The summed E-state index contributed by atoms with van der Waals surface area (Å²) >= 11 is 5.57. The number of ether oxygens (including phenoxy) is 5. The fraction of sp³-hybridized carbons (Fsp3) is 0.882. The molecule has 5 atom stereocenters. The molecule has 1 heterocycles. The molecule has 1 aliphatic heterocycles. The zero-order valence-electron chi connectivity index (χ0n) is 16.1. The first-order valence-corrected chi connectivity index (χ1v) is 9.75. The maximum atomic E-state index is 12.2. The molecule has 1 rings (SSSR count). The van der Waals surface area contributed by atoms with Gasteiger partial charge in [0.05, 0.1) is 13.1 Å². The highest BCUT2D eigenvalue weighted by atomic mass is 35.5. The number of hydrogen-bond donors (Lipinski definition) is 0. The van der Waals surface area contributed by atoms with Gasteiger partial charge in [-0.15, -0.1) is 11.6 Å². The van der Waals surface area contributed by atoms with Crippen LogP contribution in [0.4, 0.5) is 0 Å². The molecule has 0 aromatic carbocycles. The normalized spacial score (nSPS) is 28.5. The number of methoxy groups -OCH3 is 1. The van der Waals surface area contributed by atoms with E-state index in [0.29, 0.717) is 13.2 Å². The van der Waals surface area contributed by atoms with Crippen molar-refractivity contribution in [3.63, 3.8) is 0 Å². The van der Waals surface area contributed by atoms with E-state index in [9.17, 15) is 9.59 Å². The van der Waals surface area contributed by atoms with Crippen molar-refractivity contribution < 1.29 is 33.3 Å². The van der Waals surface area contributed by atoms with E-state index in [1.54, 1.807) is 0 Å². The van der Waals surface area contributed by atoms with Crippen molar-refractivity contribution in [3.8, 4) is 0 Å². The average Bonchev–Trinajstić information content (AvgIpc) is 2.64. The predicted octanol–water partition coefficient (Wildman–Crippen LogP) is 1.04. The van der Waals surface area contributed by atoms with Crippen LogP contribution in [0.1, 0.15) is 39.5 Å². The van der Waals surface area contributed by atoms with Crippen LogP contribution in [-0.2, 0) is 33.3 Å². The Kier molecular flexibility index (Phi) is 11.2. The van der Waals surface area contributed by atoms with Crippen LogP contribution in [-0.4, -0.2) is 76.4 Å². The molecule has 0 bridgehead atoms. The number of rotatable bonds is 11. The van der Waals surface area contributed by atoms with Gasteiger partial charge >= 0.3 is 11.9 Å². The maximum absolute atomic E-state index is 12.2. The SMILES string of the molecule is B[C@H]1OC(C(=O)OC)[C@@H](OC(=O)CCl)[C@H](OCCCC)C1OCCCC. The summed E-state index contributed by atoms with van der Waals surface area (Å²) in [5.41, 5.74) is 0. The molecule has 0 N–H and O–H groups in total. The summed E-state index contributed by atoms with van der Waals surface area (Å²) in [6.45, 7) is 5.11. The van der Waals surface area contributed by atoms with Gasteiger partial charge in [0.1, 0.15) is 25.9 Å². The molecule has 2 unspecified atom stereocenters. The second-order valence-corrected chi connectivity index (χ2v) is 6.52. The van der Waals surface area contributed by atoms with Crippen molar-refractivity contribution in [2.24, 2.45) is 0 Å². The van der Waals surface area contributed by atoms with Gasteiger partial charge < -0.3 is 23.7 Å². The summed E-state index contributed by atoms with van der Waals surface area (Å²) in [5, 5.41) is 0. The van der Waals surface area contributed by atoms with E-state index < -0.39 is 42.4 Å². The zero-order valence-corrected chi connectivity index (χ0v) is 16.8. The highest BCUT2D eigenvalue weighted by Gasteiger charge is 2.51. The van der Waals surface area contributed by atoms with Crippen molar-refractivity contribution in [1.29, 1.82) is 0 Å². The van der Waals surface area contributed by atoms with E-state index in [1.165, 1.54) is 7.11 Å². The second kappa shape index (κ2) is 12.5. The third-order valence-corrected chi connectivity index (χ3v) is 4.41. The van der Waals surface area contributed by atoms with Gasteiger partial charge in [0.2, 0.25) is 0 Å². The lowest BCUT2D eigenvalue weighted by molar-refractivity contribution is -0.240. The summed E-state index contributed by atoms with van der Waals surface area (Å²) in [4.78, 5) is 24.0. The molecule has 150 valence electrons. The second-order valence-electron chi connectivity index (χ2n) is 6.25. The largest absolute Gasteiger partial charge is 0.467 e. The van der Waals surface area contributed by atoms with E-state index in [-0.39, 0.29) is 5.88 Å². The van der Waals surface area contributed by atoms with E-state index >= 15 is 0 Å². The lowest BCUT2D eigenvalue weighted by Gasteiger charge is -2.44. The molecular weight excluding hydrogens is 362 g/mol. The third-order valence-electron chi connectivity index (χ3n) is 4.20. The first-order valence-electron chi connectivity index (χ1n) is 9.21. The van der Waals surface area contributed by atoms with Gasteiger partial charge in [0.25, 0.3) is 0 Å². The Bertz CT molecular complexity index is 437. The fourth-order valence-corrected chi connectivity index (χ4v) is 2.84. The Morgan fingerprint density at radius 1 is 1.04 bits per heavy atom. The lowest BCUT2D eigenvalue weighted by Crippen LogP contribution is -2.63. The minimum atomic E-state index is -1.08. The summed E-state index contributed by atoms with van der Waals surface area (Å²) in [5.74, 6) is -1.61. The molecule has 0 saturated carbocycles. The summed E-state index contributed by atoms with van der Waals surface area (Å²) in [6, 6.07) is -0.423. The van der Waals surface area contributed by atoms with Crippen LogP contribution in [0.25, 0.3) is 0 Å². The molecule has 1 aliphatic rings. The highest BCUT2D eigenvalue weighted by molar-refractivity contribution is 6.26. The predicted molar refractivity (Wildman–Crippen MR) is 99.1 cm³/mol. The Balaban J connectivity index is 3.05. The number of halogens is 1. The minimum absolute atomic E-state index is 0.330. The standard InChI is InChI=1S/C17H30BClO7/c1-4-6-8-23-12-13(25-11(20)10-19)15(17(21)22-3)26-16(18)14(12)24-9-7-5-2/h12-16H,4-10,18H2,1-3H3/t12-,13-,14?,15?,16-/m0/s1. The van der Waals surface area contributed by atoms with Gasteiger partial charge in [0.15, 0.2) is 12.2 Å². The molecule has 0 aliphatic carbocycles. The minimum Gasteiger partial charge on any atom is -0.467 e. The van der Waals surface area contributed by atoms with Crippen LogP contribution in [0.5, 0.6) is 0 Å². The summed E-state index contributed by atoms with van der Waals surface area (Å²) in [7, 11) is 3.07. The molecule has 0 radical (unpaired) electrons. The van der Waals surface area contributed by atoms with Crippen LogP contribution in [0.2, 0.25) is 0 Å². The molecule has 7 nitrogen and oxygen atoms in total. The monoisotopic (exact) mass is 392 g/mol. The molecule has 0 aromatic rings. The molecule has 0 aromatic heterocycles. The van der Waals surface area contributed by atoms with E-state index in [0.717, 1.165) is 25.7 Å². The number of carbonyl (C=O) groups is 2. The Morgan fingerprint density at radius 3 is 2.12 bits per heavy atom. The van der Waals surface area contributed by atoms with E-state index in [4.69, 9.17) is 35.3 Å². The van der Waals surface area contributed by atoms with Gasteiger partial charge in [-0.25, -0.2) is 4.79 Å². The van der Waals surface area contributed by atoms with Crippen LogP contribution >= 0.6 is 11.6 Å². The smallest absolute Gasteiger partial charge is 0.338 e. The Hall–Kier alpha value is -0.825. The van der Waals surface area contributed by atoms with Crippen molar-refractivity contribution in [1.82, 2.24) is 0 Å². The van der Waals surface area contributed by atoms with Gasteiger partial charge in [-0.2, -0.15) is 0 Å². The molecule has 9 heteroatoms. The topological polar surface area (TPSA) is 80.3 Å². The highest BCUT2D eigenvalue weighted by Crippen LogP contribution is 2.28. The summed E-state index contributed by atoms with van der Waals surface area (Å²) < 4.78 is 27.9. The number of alkyl halides is 1. The third kappa shape index (κ3) is 6.72. The average molecular weight is 393 g/mol. The number of hydrogen-bond acceptors (Lipinski definition) is 7. The molecule has 1 saturated heterocycles. The Morgan fingerprint density at radius 2 is 1.62 bits per heavy atom. The van der Waals surface area contributed by atoms with E-state index in [1.807, 2.05) is 14.8 Å².